The molecule has 1 saturated carbocycles. The molecule has 1 aliphatic rings. The summed E-state index contributed by atoms with van der Waals surface area (Å²) in [5, 5.41) is 0. The molecule has 1 aromatic rings. The Balaban J connectivity index is 2.07. The third-order valence-corrected chi connectivity index (χ3v) is 2.90. The Kier molecular flexibility index (Phi) is 3.06. The molecule has 0 heterocycles. The van der Waals surface area contributed by atoms with Crippen molar-refractivity contribution in [2.24, 2.45) is 0 Å². The van der Waals surface area contributed by atoms with E-state index in [0.29, 0.717) is 5.75 Å². The summed E-state index contributed by atoms with van der Waals surface area (Å²) in [6, 6.07) is 4.67. The fraction of sp³-hybridized carbons (Fsp3) is 0.455. The second-order valence-corrected chi connectivity index (χ2v) is 4.55. The maximum Gasteiger partial charge on any atom is 0.128 e. The first-order chi connectivity index (χ1) is 6.74. The lowest BCUT2D eigenvalue weighted by Gasteiger charge is -2.13. The van der Waals surface area contributed by atoms with Gasteiger partial charge in [-0.05, 0) is 37.8 Å². The zero-order valence-electron chi connectivity index (χ0n) is 7.80. The van der Waals surface area contributed by atoms with Crippen LogP contribution < -0.4 is 4.74 Å². The highest BCUT2D eigenvalue weighted by Gasteiger charge is 2.16. The van der Waals surface area contributed by atoms with Crippen molar-refractivity contribution >= 4 is 15.9 Å². The average molecular weight is 259 g/mol. The topological polar surface area (TPSA) is 9.23 Å². The molecular weight excluding hydrogens is 247 g/mol. The Labute approximate surface area is 91.4 Å². The van der Waals surface area contributed by atoms with Crippen molar-refractivity contribution in [2.75, 3.05) is 0 Å². The molecule has 0 aliphatic heterocycles. The predicted molar refractivity (Wildman–Crippen MR) is 57.0 cm³/mol. The SMILES string of the molecule is Fc1cc(Br)cc(OC2CCCC2)c1. The van der Waals surface area contributed by atoms with Gasteiger partial charge in [0.05, 0.1) is 6.10 Å². The Bertz CT molecular complexity index is 301. The van der Waals surface area contributed by atoms with E-state index in [0.717, 1.165) is 17.3 Å². The van der Waals surface area contributed by atoms with Crippen LogP contribution in [0.4, 0.5) is 4.39 Å². The third-order valence-electron chi connectivity index (χ3n) is 2.44. The van der Waals surface area contributed by atoms with E-state index in [4.69, 9.17) is 4.74 Å². The van der Waals surface area contributed by atoms with Crippen LogP contribution in [0.5, 0.6) is 5.75 Å². The number of halogens is 2. The van der Waals surface area contributed by atoms with Crippen molar-refractivity contribution in [3.05, 3.63) is 28.5 Å². The Morgan fingerprint density at radius 3 is 2.57 bits per heavy atom. The molecule has 76 valence electrons. The van der Waals surface area contributed by atoms with Crippen LogP contribution >= 0.6 is 15.9 Å². The number of hydrogen-bond donors (Lipinski definition) is 0. The summed E-state index contributed by atoms with van der Waals surface area (Å²) in [4.78, 5) is 0. The molecule has 1 nitrogen and oxygen atoms in total. The second kappa shape index (κ2) is 4.30. The van der Waals surface area contributed by atoms with E-state index in [-0.39, 0.29) is 11.9 Å². The quantitative estimate of drug-likeness (QED) is 0.782. The fourth-order valence-corrected chi connectivity index (χ4v) is 2.24. The van der Waals surface area contributed by atoms with E-state index in [1.807, 2.05) is 0 Å². The minimum atomic E-state index is -0.257. The van der Waals surface area contributed by atoms with E-state index >= 15 is 0 Å². The molecule has 0 unspecified atom stereocenters. The van der Waals surface area contributed by atoms with E-state index in [9.17, 15) is 4.39 Å². The van der Waals surface area contributed by atoms with Crippen molar-refractivity contribution in [1.82, 2.24) is 0 Å². The molecule has 0 spiro atoms. The van der Waals surface area contributed by atoms with Gasteiger partial charge < -0.3 is 4.74 Å². The van der Waals surface area contributed by atoms with E-state index < -0.39 is 0 Å². The number of hydrogen-bond acceptors (Lipinski definition) is 1. The standard InChI is InChI=1S/C11H12BrFO/c12-8-5-9(13)7-11(6-8)14-10-3-1-2-4-10/h5-7,10H,1-4H2. The summed E-state index contributed by atoms with van der Waals surface area (Å²) in [5.74, 6) is 0.371. The zero-order chi connectivity index (χ0) is 9.97. The van der Waals surface area contributed by atoms with Crippen LogP contribution in [0.15, 0.2) is 22.7 Å². The van der Waals surface area contributed by atoms with Gasteiger partial charge in [0, 0.05) is 10.5 Å². The molecule has 1 fully saturated rings. The number of benzene rings is 1. The van der Waals surface area contributed by atoms with Crippen molar-refractivity contribution in [2.45, 2.75) is 31.8 Å². The number of ether oxygens (including phenoxy) is 1. The zero-order valence-corrected chi connectivity index (χ0v) is 9.39. The molecule has 0 N–H and O–H groups in total. The van der Waals surface area contributed by atoms with Crippen LogP contribution in [0.2, 0.25) is 0 Å². The largest absolute Gasteiger partial charge is 0.490 e. The number of rotatable bonds is 2. The van der Waals surface area contributed by atoms with Gasteiger partial charge >= 0.3 is 0 Å². The molecule has 0 bridgehead atoms. The van der Waals surface area contributed by atoms with Gasteiger partial charge in [-0.15, -0.1) is 0 Å². The van der Waals surface area contributed by atoms with Gasteiger partial charge in [0.15, 0.2) is 0 Å². The normalized spacial score (nSPS) is 17.3. The van der Waals surface area contributed by atoms with Crippen LogP contribution in [-0.2, 0) is 0 Å². The van der Waals surface area contributed by atoms with E-state index in [2.05, 4.69) is 15.9 Å². The first-order valence-electron chi connectivity index (χ1n) is 4.87. The summed E-state index contributed by atoms with van der Waals surface area (Å²) >= 11 is 3.24. The Morgan fingerprint density at radius 2 is 1.93 bits per heavy atom. The molecular formula is C11H12BrFO. The average Bonchev–Trinajstić information content (AvgIpc) is 2.54. The molecule has 3 heteroatoms. The molecule has 0 aromatic heterocycles. The highest BCUT2D eigenvalue weighted by atomic mass is 79.9. The van der Waals surface area contributed by atoms with Crippen molar-refractivity contribution in [1.29, 1.82) is 0 Å². The smallest absolute Gasteiger partial charge is 0.128 e. The Morgan fingerprint density at radius 1 is 1.21 bits per heavy atom. The van der Waals surface area contributed by atoms with Crippen LogP contribution in [0.1, 0.15) is 25.7 Å². The van der Waals surface area contributed by atoms with Gasteiger partial charge in [0.2, 0.25) is 0 Å². The van der Waals surface area contributed by atoms with Crippen LogP contribution in [0.3, 0.4) is 0 Å². The lowest BCUT2D eigenvalue weighted by atomic mass is 10.3. The van der Waals surface area contributed by atoms with Gasteiger partial charge in [-0.2, -0.15) is 0 Å². The van der Waals surface area contributed by atoms with Crippen LogP contribution in [0, 0.1) is 5.82 Å². The Hall–Kier alpha value is -0.570. The lowest BCUT2D eigenvalue weighted by Crippen LogP contribution is -2.10. The molecule has 0 atom stereocenters. The summed E-state index contributed by atoms with van der Waals surface area (Å²) in [5.41, 5.74) is 0. The lowest BCUT2D eigenvalue weighted by molar-refractivity contribution is 0.209. The second-order valence-electron chi connectivity index (χ2n) is 3.63. The van der Waals surface area contributed by atoms with E-state index in [1.165, 1.54) is 25.0 Å². The van der Waals surface area contributed by atoms with Gasteiger partial charge in [-0.1, -0.05) is 15.9 Å². The van der Waals surface area contributed by atoms with Crippen molar-refractivity contribution in [3.8, 4) is 5.75 Å². The molecule has 2 rings (SSSR count). The van der Waals surface area contributed by atoms with Crippen LogP contribution in [0.25, 0.3) is 0 Å². The molecule has 1 aliphatic carbocycles. The monoisotopic (exact) mass is 258 g/mol. The highest BCUT2D eigenvalue weighted by molar-refractivity contribution is 9.10. The van der Waals surface area contributed by atoms with Gasteiger partial charge in [0.1, 0.15) is 11.6 Å². The van der Waals surface area contributed by atoms with Crippen molar-refractivity contribution in [3.63, 3.8) is 0 Å². The van der Waals surface area contributed by atoms with Gasteiger partial charge in [-0.3, -0.25) is 0 Å². The minimum Gasteiger partial charge on any atom is -0.490 e. The predicted octanol–water partition coefficient (Wildman–Crippen LogP) is 3.91. The summed E-state index contributed by atoms with van der Waals surface area (Å²) < 4.78 is 19.4. The van der Waals surface area contributed by atoms with Gasteiger partial charge in [0.25, 0.3) is 0 Å². The van der Waals surface area contributed by atoms with Gasteiger partial charge in [-0.25, -0.2) is 4.39 Å². The molecule has 0 saturated heterocycles. The molecule has 14 heavy (non-hydrogen) atoms. The fourth-order valence-electron chi connectivity index (χ4n) is 1.80. The highest BCUT2D eigenvalue weighted by Crippen LogP contribution is 2.26. The molecule has 0 amide bonds. The van der Waals surface area contributed by atoms with E-state index in [1.54, 1.807) is 6.07 Å². The maximum absolute atomic E-state index is 13.0. The van der Waals surface area contributed by atoms with Crippen LogP contribution in [-0.4, -0.2) is 6.10 Å². The first-order valence-corrected chi connectivity index (χ1v) is 5.66. The summed E-state index contributed by atoms with van der Waals surface area (Å²) in [6.07, 6.45) is 4.91. The maximum atomic E-state index is 13.0. The first kappa shape index (κ1) is 9.97. The van der Waals surface area contributed by atoms with Crippen molar-refractivity contribution < 1.29 is 9.13 Å². The molecule has 1 aromatic carbocycles. The third kappa shape index (κ3) is 2.47. The summed E-state index contributed by atoms with van der Waals surface area (Å²) in [7, 11) is 0. The molecule has 0 radical (unpaired) electrons. The summed E-state index contributed by atoms with van der Waals surface area (Å²) in [6.45, 7) is 0. The minimum absolute atomic E-state index is 0.257.